The zero-order chi connectivity index (χ0) is 9.47. The lowest BCUT2D eigenvalue weighted by atomic mass is 9.73. The Labute approximate surface area is 77.9 Å². The van der Waals surface area contributed by atoms with Gasteiger partial charge in [0.05, 0.1) is 0 Å². The second kappa shape index (κ2) is 2.96. The van der Waals surface area contributed by atoms with Crippen molar-refractivity contribution < 1.29 is 9.90 Å². The maximum atomic E-state index is 11.2. The van der Waals surface area contributed by atoms with E-state index in [0.29, 0.717) is 12.5 Å². The molecule has 1 atom stereocenters. The third-order valence-corrected chi connectivity index (χ3v) is 3.59. The summed E-state index contributed by atoms with van der Waals surface area (Å²) in [4.78, 5) is 13.4. The van der Waals surface area contributed by atoms with Gasteiger partial charge in [0.1, 0.15) is 5.54 Å². The van der Waals surface area contributed by atoms with Gasteiger partial charge in [-0.05, 0) is 38.9 Å². The van der Waals surface area contributed by atoms with Crippen molar-refractivity contribution in [3.8, 4) is 0 Å². The highest BCUT2D eigenvalue weighted by molar-refractivity contribution is 5.80. The van der Waals surface area contributed by atoms with E-state index in [0.717, 1.165) is 25.9 Å². The summed E-state index contributed by atoms with van der Waals surface area (Å²) in [5.41, 5.74) is -0.670. The number of hydrogen-bond acceptors (Lipinski definition) is 3. The fraction of sp³-hybridized carbons (Fsp3) is 0.889. The van der Waals surface area contributed by atoms with Crippen LogP contribution in [-0.4, -0.2) is 48.2 Å². The summed E-state index contributed by atoms with van der Waals surface area (Å²) >= 11 is 0. The lowest BCUT2D eigenvalue weighted by molar-refractivity contribution is -0.153. The van der Waals surface area contributed by atoms with E-state index in [4.69, 9.17) is 0 Å². The first-order chi connectivity index (χ1) is 6.19. The predicted molar refractivity (Wildman–Crippen MR) is 48.6 cm³/mol. The second-order valence-electron chi connectivity index (χ2n) is 4.08. The van der Waals surface area contributed by atoms with Crippen molar-refractivity contribution in [2.75, 3.05) is 26.7 Å². The van der Waals surface area contributed by atoms with E-state index >= 15 is 0 Å². The van der Waals surface area contributed by atoms with Gasteiger partial charge in [0, 0.05) is 6.54 Å². The fourth-order valence-electron chi connectivity index (χ4n) is 2.70. The van der Waals surface area contributed by atoms with Crippen molar-refractivity contribution in [2.45, 2.75) is 18.4 Å². The molecule has 3 rings (SSSR count). The van der Waals surface area contributed by atoms with Gasteiger partial charge in [-0.2, -0.15) is 0 Å². The van der Waals surface area contributed by atoms with E-state index in [1.165, 1.54) is 0 Å². The molecule has 13 heavy (non-hydrogen) atoms. The van der Waals surface area contributed by atoms with Crippen LogP contribution in [0.15, 0.2) is 0 Å². The van der Waals surface area contributed by atoms with Gasteiger partial charge in [0.15, 0.2) is 0 Å². The molecule has 3 saturated heterocycles. The number of carboxylic acids is 1. The number of piperidine rings is 3. The van der Waals surface area contributed by atoms with Gasteiger partial charge >= 0.3 is 5.97 Å². The Morgan fingerprint density at radius 1 is 1.54 bits per heavy atom. The van der Waals surface area contributed by atoms with Crippen LogP contribution in [-0.2, 0) is 4.79 Å². The summed E-state index contributed by atoms with van der Waals surface area (Å²) in [5.74, 6) is -0.371. The number of nitrogens with one attached hydrogen (secondary N) is 1. The van der Waals surface area contributed by atoms with Crippen molar-refractivity contribution in [3.05, 3.63) is 0 Å². The van der Waals surface area contributed by atoms with Crippen LogP contribution < -0.4 is 5.32 Å². The van der Waals surface area contributed by atoms with Crippen LogP contribution >= 0.6 is 0 Å². The molecular formula is C9H16N2O2. The van der Waals surface area contributed by atoms with Crippen LogP contribution in [0, 0.1) is 5.92 Å². The molecule has 2 N–H and O–H groups in total. The van der Waals surface area contributed by atoms with Crippen LogP contribution in [0.1, 0.15) is 12.8 Å². The smallest absolute Gasteiger partial charge is 0.325 e. The molecule has 0 saturated carbocycles. The minimum Gasteiger partial charge on any atom is -0.480 e. The topological polar surface area (TPSA) is 52.6 Å². The summed E-state index contributed by atoms with van der Waals surface area (Å²) in [5, 5.41) is 12.2. The fourth-order valence-corrected chi connectivity index (χ4v) is 2.70. The van der Waals surface area contributed by atoms with Crippen LogP contribution in [0.25, 0.3) is 0 Å². The Kier molecular flexibility index (Phi) is 2.04. The molecular weight excluding hydrogens is 168 g/mol. The molecule has 3 fully saturated rings. The van der Waals surface area contributed by atoms with E-state index < -0.39 is 11.5 Å². The highest BCUT2D eigenvalue weighted by atomic mass is 16.4. The van der Waals surface area contributed by atoms with Crippen LogP contribution in [0.5, 0.6) is 0 Å². The maximum Gasteiger partial charge on any atom is 0.325 e. The minimum atomic E-state index is -0.690. The number of likely N-dealkylation sites (N-methyl/N-ethyl adjacent to an activating group) is 1. The normalized spacial score (nSPS) is 43.5. The van der Waals surface area contributed by atoms with Crippen LogP contribution in [0.2, 0.25) is 0 Å². The lowest BCUT2D eigenvalue weighted by Crippen LogP contribution is -2.68. The molecule has 2 bridgehead atoms. The molecule has 0 radical (unpaired) electrons. The van der Waals surface area contributed by atoms with Crippen molar-refractivity contribution in [3.63, 3.8) is 0 Å². The molecule has 4 heteroatoms. The average Bonchev–Trinajstić information content (AvgIpc) is 2.19. The third kappa shape index (κ3) is 1.16. The van der Waals surface area contributed by atoms with Crippen molar-refractivity contribution >= 4 is 5.97 Å². The summed E-state index contributed by atoms with van der Waals surface area (Å²) in [7, 11) is 1.76. The Bertz CT molecular complexity index is 224. The van der Waals surface area contributed by atoms with E-state index in [2.05, 4.69) is 10.2 Å². The lowest BCUT2D eigenvalue weighted by Gasteiger charge is -2.50. The Hall–Kier alpha value is -0.610. The summed E-state index contributed by atoms with van der Waals surface area (Å²) in [6.07, 6.45) is 2.04. The molecule has 0 aromatic heterocycles. The first-order valence-corrected chi connectivity index (χ1v) is 4.84. The molecule has 1 unspecified atom stereocenters. The Morgan fingerprint density at radius 3 is 2.38 bits per heavy atom. The van der Waals surface area contributed by atoms with E-state index in [9.17, 15) is 9.90 Å². The van der Waals surface area contributed by atoms with Gasteiger partial charge in [-0.25, -0.2) is 0 Å². The highest BCUT2D eigenvalue weighted by Gasteiger charge is 2.51. The zero-order valence-electron chi connectivity index (χ0n) is 7.92. The monoisotopic (exact) mass is 184 g/mol. The van der Waals surface area contributed by atoms with E-state index in [1.807, 2.05) is 0 Å². The van der Waals surface area contributed by atoms with E-state index in [-0.39, 0.29) is 0 Å². The number of fused-ring (bicyclic) bond motifs is 3. The molecule has 3 heterocycles. The van der Waals surface area contributed by atoms with Crippen LogP contribution in [0.3, 0.4) is 0 Å². The number of carboxylic acid groups (broad SMARTS) is 1. The second-order valence-corrected chi connectivity index (χ2v) is 4.08. The first-order valence-electron chi connectivity index (χ1n) is 4.84. The largest absolute Gasteiger partial charge is 0.480 e. The summed E-state index contributed by atoms with van der Waals surface area (Å²) in [6, 6.07) is 0. The van der Waals surface area contributed by atoms with Gasteiger partial charge in [-0.15, -0.1) is 0 Å². The SMILES string of the molecule is CNC1(C(=O)O)CN2CCC1CC2. The summed E-state index contributed by atoms with van der Waals surface area (Å²) in [6.45, 7) is 2.81. The summed E-state index contributed by atoms with van der Waals surface area (Å²) < 4.78 is 0. The number of nitrogens with zero attached hydrogens (tertiary/aromatic N) is 1. The quantitative estimate of drug-likeness (QED) is 0.621. The predicted octanol–water partition coefficient (Wildman–Crippen LogP) is -0.245. The van der Waals surface area contributed by atoms with E-state index in [1.54, 1.807) is 7.05 Å². The maximum absolute atomic E-state index is 11.2. The molecule has 0 spiro atoms. The van der Waals surface area contributed by atoms with Crippen molar-refractivity contribution in [1.82, 2.24) is 10.2 Å². The third-order valence-electron chi connectivity index (χ3n) is 3.59. The molecule has 3 aliphatic heterocycles. The number of hydrogen-bond donors (Lipinski definition) is 2. The zero-order valence-corrected chi connectivity index (χ0v) is 7.92. The molecule has 0 aliphatic carbocycles. The number of rotatable bonds is 2. The highest BCUT2D eigenvalue weighted by Crippen LogP contribution is 2.35. The first kappa shape index (κ1) is 8.97. The van der Waals surface area contributed by atoms with Gasteiger partial charge < -0.3 is 15.3 Å². The number of carbonyl (C=O) groups is 1. The Balaban J connectivity index is 2.25. The average molecular weight is 184 g/mol. The van der Waals surface area contributed by atoms with Crippen molar-refractivity contribution in [2.24, 2.45) is 5.92 Å². The molecule has 0 amide bonds. The van der Waals surface area contributed by atoms with Gasteiger partial charge in [0.2, 0.25) is 0 Å². The number of aliphatic carboxylic acids is 1. The van der Waals surface area contributed by atoms with Crippen LogP contribution in [0.4, 0.5) is 0 Å². The van der Waals surface area contributed by atoms with Gasteiger partial charge in [0.25, 0.3) is 0 Å². The molecule has 74 valence electrons. The molecule has 4 nitrogen and oxygen atoms in total. The Morgan fingerprint density at radius 2 is 2.15 bits per heavy atom. The van der Waals surface area contributed by atoms with Gasteiger partial charge in [-0.3, -0.25) is 4.79 Å². The van der Waals surface area contributed by atoms with Crippen molar-refractivity contribution in [1.29, 1.82) is 0 Å². The van der Waals surface area contributed by atoms with Gasteiger partial charge in [-0.1, -0.05) is 0 Å². The minimum absolute atomic E-state index is 0.319. The molecule has 3 aliphatic rings. The molecule has 0 aromatic carbocycles. The molecule has 0 aromatic rings. The standard InChI is InChI=1S/C9H16N2O2/c1-10-9(8(12)13)6-11-4-2-7(9)3-5-11/h7,10H,2-6H2,1H3,(H,12,13).